The lowest BCUT2D eigenvalue weighted by Gasteiger charge is -2.35. The molecular weight excluding hydrogens is 280 g/mol. The van der Waals surface area contributed by atoms with Gasteiger partial charge in [0.25, 0.3) is 0 Å². The molecule has 2 aromatic carbocycles. The van der Waals surface area contributed by atoms with Crippen LogP contribution in [-0.2, 0) is 0 Å². The van der Waals surface area contributed by atoms with Crippen LogP contribution < -0.4 is 0 Å². The lowest BCUT2D eigenvalue weighted by molar-refractivity contribution is 0.513. The second-order valence-electron chi connectivity index (χ2n) is 6.83. The molecule has 1 aliphatic carbocycles. The number of nitrogens with one attached hydrogen (secondary N) is 2. The second-order valence-corrected chi connectivity index (χ2v) is 6.83. The van der Waals surface area contributed by atoms with E-state index < -0.39 is 0 Å². The summed E-state index contributed by atoms with van der Waals surface area (Å²) >= 11 is 0. The van der Waals surface area contributed by atoms with Crippen LogP contribution in [0.2, 0.25) is 0 Å². The fraction of sp³-hybridized carbons (Fsp3) is 0.381. The second kappa shape index (κ2) is 6.93. The number of allylic oxidation sites excluding steroid dienone is 2. The highest BCUT2D eigenvalue weighted by molar-refractivity contribution is 5.99. The molecule has 0 saturated heterocycles. The normalized spacial score (nSPS) is 16.4. The van der Waals surface area contributed by atoms with Crippen LogP contribution in [0.3, 0.4) is 0 Å². The number of hydrogen-bond donors (Lipinski definition) is 2. The molecule has 2 aromatic rings. The predicted molar refractivity (Wildman–Crippen MR) is 99.4 cm³/mol. The minimum atomic E-state index is 0.564. The van der Waals surface area contributed by atoms with E-state index >= 15 is 0 Å². The smallest absolute Gasteiger partial charge is 0.0831 e. The molecule has 2 N–H and O–H groups in total. The van der Waals surface area contributed by atoms with Gasteiger partial charge in [0, 0.05) is 5.92 Å². The minimum absolute atomic E-state index is 0.564. The van der Waals surface area contributed by atoms with E-state index in [2.05, 4.69) is 71.0 Å². The van der Waals surface area contributed by atoms with E-state index in [4.69, 9.17) is 10.8 Å². The third-order valence-electron chi connectivity index (χ3n) is 4.73. The monoisotopic (exact) mass is 306 g/mol. The standard InChI is InChI=1S/C20H24.CH2N2/c1-12(2)18-14(5)16-10-6-8-15-9-7-11-17(20(15)16)19(18)13(3)4;2-1-3/h6-13,19H,1-5H3;2-3H. The van der Waals surface area contributed by atoms with Crippen molar-refractivity contribution < 1.29 is 0 Å². The molecule has 1 atom stereocenters. The Bertz CT molecular complexity index is 770. The van der Waals surface area contributed by atoms with Crippen molar-refractivity contribution in [1.29, 1.82) is 10.8 Å². The SMILES string of the molecule is CC1=C(C(C)C)C(C(C)C)c2cccc3cccc1c23.N=C=N. The van der Waals surface area contributed by atoms with E-state index in [1.54, 1.807) is 5.57 Å². The molecule has 0 amide bonds. The summed E-state index contributed by atoms with van der Waals surface area (Å²) in [5, 5.41) is 14.1. The quantitative estimate of drug-likeness (QED) is 0.608. The molecule has 0 bridgehead atoms. The van der Waals surface area contributed by atoms with Gasteiger partial charge in [0.15, 0.2) is 0 Å². The van der Waals surface area contributed by atoms with Crippen LogP contribution in [0.4, 0.5) is 0 Å². The molecule has 1 unspecified atom stereocenters. The van der Waals surface area contributed by atoms with Crippen LogP contribution in [0.5, 0.6) is 0 Å². The Morgan fingerprint density at radius 1 is 0.957 bits per heavy atom. The van der Waals surface area contributed by atoms with Gasteiger partial charge in [-0.3, -0.25) is 0 Å². The third-order valence-corrected chi connectivity index (χ3v) is 4.73. The Morgan fingerprint density at radius 3 is 2.04 bits per heavy atom. The molecule has 23 heavy (non-hydrogen) atoms. The Morgan fingerprint density at radius 2 is 1.52 bits per heavy atom. The van der Waals surface area contributed by atoms with Gasteiger partial charge in [0.05, 0.1) is 6.01 Å². The summed E-state index contributed by atoms with van der Waals surface area (Å²) < 4.78 is 0. The van der Waals surface area contributed by atoms with Crippen LogP contribution in [0.25, 0.3) is 16.3 Å². The largest absolute Gasteiger partial charge is 0.242 e. The average molecular weight is 306 g/mol. The first kappa shape index (κ1) is 17.2. The molecule has 0 fully saturated rings. The predicted octanol–water partition coefficient (Wildman–Crippen LogP) is 6.34. The highest BCUT2D eigenvalue weighted by Crippen LogP contribution is 2.48. The van der Waals surface area contributed by atoms with Gasteiger partial charge >= 0.3 is 0 Å². The van der Waals surface area contributed by atoms with E-state index in [-0.39, 0.29) is 0 Å². The Balaban J connectivity index is 0.000000595. The average Bonchev–Trinajstić information content (AvgIpc) is 2.50. The van der Waals surface area contributed by atoms with Crippen LogP contribution in [0, 0.1) is 22.7 Å². The molecule has 0 radical (unpaired) electrons. The highest BCUT2D eigenvalue weighted by Gasteiger charge is 2.30. The van der Waals surface area contributed by atoms with Gasteiger partial charge in [-0.15, -0.1) is 0 Å². The van der Waals surface area contributed by atoms with Crippen molar-refractivity contribution in [3.63, 3.8) is 0 Å². The van der Waals surface area contributed by atoms with E-state index in [0.29, 0.717) is 17.8 Å². The summed E-state index contributed by atoms with van der Waals surface area (Å²) in [6.07, 6.45) is 0. The Hall–Kier alpha value is -2.18. The molecule has 0 saturated carbocycles. The van der Waals surface area contributed by atoms with Gasteiger partial charge in [0.2, 0.25) is 0 Å². The molecule has 0 spiro atoms. The maximum atomic E-state index is 5.62. The first-order valence-corrected chi connectivity index (χ1v) is 8.25. The molecule has 2 nitrogen and oxygen atoms in total. The van der Waals surface area contributed by atoms with Crippen molar-refractivity contribution in [3.05, 3.63) is 53.1 Å². The highest BCUT2D eigenvalue weighted by atomic mass is 14.4. The molecule has 0 heterocycles. The van der Waals surface area contributed by atoms with Gasteiger partial charge in [-0.2, -0.15) is 0 Å². The van der Waals surface area contributed by atoms with Crippen molar-refractivity contribution in [1.82, 2.24) is 0 Å². The maximum absolute atomic E-state index is 5.62. The summed E-state index contributed by atoms with van der Waals surface area (Å²) in [7, 11) is 0. The first-order valence-electron chi connectivity index (χ1n) is 8.25. The number of benzene rings is 2. The van der Waals surface area contributed by atoms with Crippen molar-refractivity contribution in [2.75, 3.05) is 0 Å². The van der Waals surface area contributed by atoms with Gasteiger partial charge in [0.1, 0.15) is 0 Å². The first-order chi connectivity index (χ1) is 10.9. The molecule has 0 aromatic heterocycles. The number of hydrogen-bond acceptors (Lipinski definition) is 2. The van der Waals surface area contributed by atoms with Gasteiger partial charge in [-0.1, -0.05) is 69.7 Å². The van der Waals surface area contributed by atoms with E-state index in [1.165, 1.54) is 33.5 Å². The van der Waals surface area contributed by atoms with Gasteiger partial charge in [-0.05, 0) is 46.2 Å². The molecular formula is C21H26N2. The molecule has 1 aliphatic rings. The van der Waals surface area contributed by atoms with Crippen LogP contribution in [0.1, 0.15) is 51.7 Å². The van der Waals surface area contributed by atoms with E-state index in [1.807, 2.05) is 0 Å². The fourth-order valence-electron chi connectivity index (χ4n) is 4.01. The molecule has 120 valence electrons. The minimum Gasteiger partial charge on any atom is -0.242 e. The summed E-state index contributed by atoms with van der Waals surface area (Å²) in [6.45, 7) is 11.7. The zero-order chi connectivity index (χ0) is 17.1. The van der Waals surface area contributed by atoms with E-state index in [0.717, 1.165) is 0 Å². The Kier molecular flexibility index (Phi) is 5.18. The third kappa shape index (κ3) is 3.00. The van der Waals surface area contributed by atoms with Gasteiger partial charge < -0.3 is 0 Å². The summed E-state index contributed by atoms with van der Waals surface area (Å²) in [5.41, 5.74) is 6.11. The van der Waals surface area contributed by atoms with Crippen LogP contribution in [0.15, 0.2) is 42.0 Å². The van der Waals surface area contributed by atoms with Crippen molar-refractivity contribution in [2.24, 2.45) is 11.8 Å². The summed E-state index contributed by atoms with van der Waals surface area (Å²) in [4.78, 5) is 0. The van der Waals surface area contributed by atoms with Crippen LogP contribution >= 0.6 is 0 Å². The molecule has 3 rings (SSSR count). The van der Waals surface area contributed by atoms with Crippen molar-refractivity contribution in [2.45, 2.75) is 40.5 Å². The van der Waals surface area contributed by atoms with Crippen molar-refractivity contribution in [3.8, 4) is 0 Å². The number of rotatable bonds is 2. The lowest BCUT2D eigenvalue weighted by atomic mass is 9.69. The fourth-order valence-corrected chi connectivity index (χ4v) is 4.01. The topological polar surface area (TPSA) is 47.7 Å². The maximum Gasteiger partial charge on any atom is 0.0831 e. The molecule has 2 heteroatoms. The zero-order valence-electron chi connectivity index (χ0n) is 14.7. The summed E-state index contributed by atoms with van der Waals surface area (Å²) in [5.74, 6) is 1.81. The zero-order valence-corrected chi connectivity index (χ0v) is 14.7. The molecule has 0 aliphatic heterocycles. The summed E-state index contributed by atoms with van der Waals surface area (Å²) in [6, 6.07) is 14.8. The van der Waals surface area contributed by atoms with Crippen LogP contribution in [-0.4, -0.2) is 6.01 Å². The Labute approximate surface area is 139 Å². The lowest BCUT2D eigenvalue weighted by Crippen LogP contribution is -2.19. The van der Waals surface area contributed by atoms with Crippen molar-refractivity contribution >= 4 is 22.4 Å². The van der Waals surface area contributed by atoms with E-state index in [9.17, 15) is 0 Å². The van der Waals surface area contributed by atoms with Gasteiger partial charge in [-0.25, -0.2) is 10.8 Å².